The van der Waals surface area contributed by atoms with E-state index in [1.54, 1.807) is 19.1 Å². The first kappa shape index (κ1) is 15.2. The highest BCUT2D eigenvalue weighted by atomic mass is 16.3. The summed E-state index contributed by atoms with van der Waals surface area (Å²) in [6.45, 7) is 1.90. The number of hydrogen-bond donors (Lipinski definition) is 3. The SMILES string of the molecule is CC(O)c1ccccc1NC(=O)C(CN)c1ccccc1. The molecule has 21 heavy (non-hydrogen) atoms. The minimum atomic E-state index is -0.644. The number of para-hydroxylation sites is 1. The number of carbonyl (C=O) groups excluding carboxylic acids is 1. The molecular formula is C17H20N2O2. The lowest BCUT2D eigenvalue weighted by Gasteiger charge is -2.18. The average Bonchev–Trinajstić information content (AvgIpc) is 2.49. The van der Waals surface area contributed by atoms with Crippen LogP contribution in [0, 0.1) is 0 Å². The molecule has 0 heterocycles. The molecule has 0 bridgehead atoms. The molecule has 2 aromatic carbocycles. The van der Waals surface area contributed by atoms with Crippen molar-refractivity contribution in [2.45, 2.75) is 18.9 Å². The van der Waals surface area contributed by atoms with Crippen molar-refractivity contribution in [3.63, 3.8) is 0 Å². The highest BCUT2D eigenvalue weighted by Crippen LogP contribution is 2.24. The van der Waals surface area contributed by atoms with Crippen molar-refractivity contribution < 1.29 is 9.90 Å². The first-order valence-electron chi connectivity index (χ1n) is 6.96. The summed E-state index contributed by atoms with van der Waals surface area (Å²) in [6, 6.07) is 16.7. The first-order valence-corrected chi connectivity index (χ1v) is 6.96. The van der Waals surface area contributed by atoms with Crippen LogP contribution >= 0.6 is 0 Å². The Morgan fingerprint density at radius 3 is 2.38 bits per heavy atom. The molecule has 1 amide bonds. The average molecular weight is 284 g/mol. The number of hydrogen-bond acceptors (Lipinski definition) is 3. The lowest BCUT2D eigenvalue weighted by atomic mass is 9.98. The second kappa shape index (κ2) is 7.02. The molecule has 0 saturated heterocycles. The van der Waals surface area contributed by atoms with E-state index in [9.17, 15) is 9.90 Å². The van der Waals surface area contributed by atoms with Crippen LogP contribution in [0.5, 0.6) is 0 Å². The van der Waals surface area contributed by atoms with Crippen molar-refractivity contribution in [1.82, 2.24) is 0 Å². The molecule has 110 valence electrons. The van der Waals surface area contributed by atoms with E-state index >= 15 is 0 Å². The molecule has 0 fully saturated rings. The zero-order valence-corrected chi connectivity index (χ0v) is 12.0. The van der Waals surface area contributed by atoms with E-state index in [2.05, 4.69) is 5.32 Å². The Balaban J connectivity index is 2.21. The van der Waals surface area contributed by atoms with Gasteiger partial charge in [-0.2, -0.15) is 0 Å². The van der Waals surface area contributed by atoms with Gasteiger partial charge >= 0.3 is 0 Å². The summed E-state index contributed by atoms with van der Waals surface area (Å²) < 4.78 is 0. The maximum absolute atomic E-state index is 12.4. The Morgan fingerprint density at radius 1 is 1.14 bits per heavy atom. The lowest BCUT2D eigenvalue weighted by Crippen LogP contribution is -2.27. The maximum atomic E-state index is 12.4. The topological polar surface area (TPSA) is 75.3 Å². The van der Waals surface area contributed by atoms with Gasteiger partial charge in [-0.3, -0.25) is 4.79 Å². The van der Waals surface area contributed by atoms with Crippen LogP contribution in [-0.2, 0) is 4.79 Å². The molecule has 4 N–H and O–H groups in total. The number of benzene rings is 2. The predicted octanol–water partition coefficient (Wildman–Crippen LogP) is 2.42. The van der Waals surface area contributed by atoms with Crippen LogP contribution in [0.4, 0.5) is 5.69 Å². The summed E-state index contributed by atoms with van der Waals surface area (Å²) in [7, 11) is 0. The number of aliphatic hydroxyl groups is 1. The van der Waals surface area contributed by atoms with Crippen molar-refractivity contribution in [1.29, 1.82) is 0 Å². The van der Waals surface area contributed by atoms with Crippen molar-refractivity contribution >= 4 is 11.6 Å². The maximum Gasteiger partial charge on any atom is 0.233 e. The second-order valence-corrected chi connectivity index (χ2v) is 4.95. The Labute approximate surface area is 124 Å². The van der Waals surface area contributed by atoms with E-state index in [1.807, 2.05) is 42.5 Å². The van der Waals surface area contributed by atoms with Gasteiger partial charge in [0.1, 0.15) is 0 Å². The third-order valence-electron chi connectivity index (χ3n) is 3.42. The zero-order chi connectivity index (χ0) is 15.2. The van der Waals surface area contributed by atoms with Crippen LogP contribution in [0.3, 0.4) is 0 Å². The number of rotatable bonds is 5. The summed E-state index contributed by atoms with van der Waals surface area (Å²) in [6.07, 6.45) is -0.644. The molecule has 0 spiro atoms. The molecule has 0 aromatic heterocycles. The smallest absolute Gasteiger partial charge is 0.233 e. The van der Waals surface area contributed by atoms with E-state index < -0.39 is 12.0 Å². The van der Waals surface area contributed by atoms with Gasteiger partial charge < -0.3 is 16.2 Å². The van der Waals surface area contributed by atoms with E-state index in [4.69, 9.17) is 5.73 Å². The normalized spacial score (nSPS) is 13.5. The van der Waals surface area contributed by atoms with Crippen molar-refractivity contribution in [2.24, 2.45) is 5.73 Å². The van der Waals surface area contributed by atoms with Gasteiger partial charge in [-0.05, 0) is 18.6 Å². The van der Waals surface area contributed by atoms with Crippen LogP contribution < -0.4 is 11.1 Å². The van der Waals surface area contributed by atoms with Gasteiger partial charge in [0.2, 0.25) is 5.91 Å². The third-order valence-corrected chi connectivity index (χ3v) is 3.42. The molecule has 0 aliphatic rings. The minimum absolute atomic E-state index is 0.170. The van der Waals surface area contributed by atoms with E-state index in [1.165, 1.54) is 0 Å². The third kappa shape index (κ3) is 3.68. The Hall–Kier alpha value is -2.17. The molecule has 0 aliphatic heterocycles. The Morgan fingerprint density at radius 2 is 1.76 bits per heavy atom. The summed E-state index contributed by atoms with van der Waals surface area (Å²) in [5.74, 6) is -0.579. The summed E-state index contributed by atoms with van der Waals surface area (Å²) in [5.41, 5.74) is 7.94. The van der Waals surface area contributed by atoms with Crippen molar-refractivity contribution in [3.8, 4) is 0 Å². The number of nitrogens with one attached hydrogen (secondary N) is 1. The monoisotopic (exact) mass is 284 g/mol. The van der Waals surface area contributed by atoms with Crippen LogP contribution in [0.15, 0.2) is 54.6 Å². The molecule has 2 atom stereocenters. The van der Waals surface area contributed by atoms with Gasteiger partial charge in [0.25, 0.3) is 0 Å². The molecule has 2 rings (SSSR count). The van der Waals surface area contributed by atoms with Crippen LogP contribution in [0.2, 0.25) is 0 Å². The first-order chi connectivity index (χ1) is 10.1. The zero-order valence-electron chi connectivity index (χ0n) is 12.0. The van der Waals surface area contributed by atoms with Gasteiger partial charge in [-0.15, -0.1) is 0 Å². The number of amides is 1. The summed E-state index contributed by atoms with van der Waals surface area (Å²) >= 11 is 0. The molecule has 0 radical (unpaired) electrons. The van der Waals surface area contributed by atoms with Crippen LogP contribution in [0.1, 0.15) is 30.1 Å². The van der Waals surface area contributed by atoms with E-state index in [-0.39, 0.29) is 12.5 Å². The van der Waals surface area contributed by atoms with Crippen LogP contribution in [0.25, 0.3) is 0 Å². The van der Waals surface area contributed by atoms with Crippen molar-refractivity contribution in [2.75, 3.05) is 11.9 Å². The van der Waals surface area contributed by atoms with Gasteiger partial charge in [-0.1, -0.05) is 48.5 Å². The Kier molecular flexibility index (Phi) is 5.09. The van der Waals surface area contributed by atoms with Gasteiger partial charge in [-0.25, -0.2) is 0 Å². The Bertz CT molecular complexity index is 597. The predicted molar refractivity (Wildman–Crippen MR) is 83.9 cm³/mol. The van der Waals surface area contributed by atoms with E-state index in [0.717, 1.165) is 5.56 Å². The highest BCUT2D eigenvalue weighted by Gasteiger charge is 2.20. The standard InChI is InChI=1S/C17H20N2O2/c1-12(20)14-9-5-6-10-16(14)19-17(21)15(11-18)13-7-3-2-4-8-13/h2-10,12,15,20H,11,18H2,1H3,(H,19,21). The minimum Gasteiger partial charge on any atom is -0.389 e. The van der Waals surface area contributed by atoms with Gasteiger partial charge in [0.05, 0.1) is 12.0 Å². The van der Waals surface area contributed by atoms with Gasteiger partial charge in [0.15, 0.2) is 0 Å². The number of carbonyl (C=O) groups is 1. The fourth-order valence-electron chi connectivity index (χ4n) is 2.27. The van der Waals surface area contributed by atoms with Gasteiger partial charge in [0, 0.05) is 17.8 Å². The lowest BCUT2D eigenvalue weighted by molar-refractivity contribution is -0.117. The fraction of sp³-hybridized carbons (Fsp3) is 0.235. The summed E-state index contributed by atoms with van der Waals surface area (Å²) in [4.78, 5) is 12.4. The molecule has 2 unspecified atom stereocenters. The molecule has 0 aliphatic carbocycles. The molecule has 4 heteroatoms. The largest absolute Gasteiger partial charge is 0.389 e. The fourth-order valence-corrected chi connectivity index (χ4v) is 2.27. The number of nitrogens with two attached hydrogens (primary N) is 1. The number of aliphatic hydroxyl groups excluding tert-OH is 1. The van der Waals surface area contributed by atoms with E-state index in [0.29, 0.717) is 11.3 Å². The molecule has 4 nitrogen and oxygen atoms in total. The number of anilines is 1. The van der Waals surface area contributed by atoms with Crippen molar-refractivity contribution in [3.05, 3.63) is 65.7 Å². The highest BCUT2D eigenvalue weighted by molar-refractivity contribution is 5.96. The molecule has 2 aromatic rings. The molecular weight excluding hydrogens is 264 g/mol. The molecule has 0 saturated carbocycles. The second-order valence-electron chi connectivity index (χ2n) is 4.95. The summed E-state index contributed by atoms with van der Waals surface area (Å²) in [5, 5.41) is 12.6. The quantitative estimate of drug-likeness (QED) is 0.789. The van der Waals surface area contributed by atoms with Crippen LogP contribution in [-0.4, -0.2) is 17.6 Å².